The summed E-state index contributed by atoms with van der Waals surface area (Å²) in [5.41, 5.74) is -1.69. The van der Waals surface area contributed by atoms with Gasteiger partial charge < -0.3 is 9.64 Å². The van der Waals surface area contributed by atoms with Crippen LogP contribution < -0.4 is 0 Å². The molecule has 2 heterocycles. The summed E-state index contributed by atoms with van der Waals surface area (Å²) >= 11 is -0.174. The molecule has 128 valence electrons. The first-order valence-corrected chi connectivity index (χ1v) is 8.00. The number of hydrogen-bond acceptors (Lipinski definition) is 4. The van der Waals surface area contributed by atoms with Crippen LogP contribution in [0.15, 0.2) is 35.4 Å². The molecule has 9 heteroatoms. The highest BCUT2D eigenvalue weighted by Crippen LogP contribution is 2.36. The summed E-state index contributed by atoms with van der Waals surface area (Å²) in [4.78, 5) is 13.7. The van der Waals surface area contributed by atoms with Gasteiger partial charge in [-0.1, -0.05) is 12.1 Å². The van der Waals surface area contributed by atoms with Crippen molar-refractivity contribution >= 4 is 17.9 Å². The number of amides is 1. The second-order valence-corrected chi connectivity index (χ2v) is 6.43. The van der Waals surface area contributed by atoms with E-state index in [0.717, 1.165) is 11.3 Å². The Morgan fingerprint density at radius 1 is 1.33 bits per heavy atom. The number of alkyl halides is 3. The fourth-order valence-electron chi connectivity index (χ4n) is 2.40. The zero-order valence-corrected chi connectivity index (χ0v) is 13.3. The number of fused-ring (bicyclic) bond motifs is 1. The summed E-state index contributed by atoms with van der Waals surface area (Å²) in [6.07, 6.45) is 2.01. The van der Waals surface area contributed by atoms with Gasteiger partial charge in [0.15, 0.2) is 0 Å². The summed E-state index contributed by atoms with van der Waals surface area (Å²) < 4.78 is 42.0. The first-order valence-electron chi connectivity index (χ1n) is 7.18. The number of ether oxygens (including phenoxy) is 1. The number of rotatable bonds is 3. The molecular formula is C15H14F3N3O2S. The Balaban J connectivity index is 1.51. The van der Waals surface area contributed by atoms with Crippen molar-refractivity contribution in [2.45, 2.75) is 30.0 Å². The number of benzene rings is 1. The van der Waals surface area contributed by atoms with Crippen molar-refractivity contribution in [1.29, 1.82) is 0 Å². The second-order valence-electron chi connectivity index (χ2n) is 5.29. The third-order valence-corrected chi connectivity index (χ3v) is 4.32. The molecule has 1 aliphatic heterocycles. The maximum atomic E-state index is 12.3. The van der Waals surface area contributed by atoms with Gasteiger partial charge in [0, 0.05) is 11.4 Å². The Hall–Kier alpha value is -2.16. The van der Waals surface area contributed by atoms with Gasteiger partial charge in [-0.25, -0.2) is 4.79 Å². The smallest absolute Gasteiger partial charge is 0.445 e. The monoisotopic (exact) mass is 357 g/mol. The summed E-state index contributed by atoms with van der Waals surface area (Å²) in [5.74, 6) is 0. The molecule has 0 fully saturated rings. The summed E-state index contributed by atoms with van der Waals surface area (Å²) in [5, 5.41) is 6.79. The Morgan fingerprint density at radius 2 is 2.08 bits per heavy atom. The highest BCUT2D eigenvalue weighted by molar-refractivity contribution is 8.00. The molecule has 0 atom stereocenters. The van der Waals surface area contributed by atoms with Crippen molar-refractivity contribution in [1.82, 2.24) is 15.1 Å². The maximum Gasteiger partial charge on any atom is 0.446 e. The summed E-state index contributed by atoms with van der Waals surface area (Å²) in [7, 11) is 0. The quantitative estimate of drug-likeness (QED) is 0.851. The number of aromatic amines is 1. The molecule has 1 aromatic heterocycles. The van der Waals surface area contributed by atoms with Crippen LogP contribution in [0.2, 0.25) is 0 Å². The molecule has 1 amide bonds. The molecule has 0 unspecified atom stereocenters. The lowest BCUT2D eigenvalue weighted by atomic mass is 10.1. The fraction of sp³-hybridized carbons (Fsp3) is 0.333. The van der Waals surface area contributed by atoms with E-state index in [-0.39, 0.29) is 23.3 Å². The molecule has 0 bridgehead atoms. The molecule has 0 saturated carbocycles. The van der Waals surface area contributed by atoms with Crippen molar-refractivity contribution in [3.8, 4) is 0 Å². The third-order valence-electron chi connectivity index (χ3n) is 3.58. The first kappa shape index (κ1) is 16.7. The van der Waals surface area contributed by atoms with E-state index in [1.807, 2.05) is 0 Å². The van der Waals surface area contributed by atoms with E-state index < -0.39 is 11.6 Å². The Labute approximate surface area is 140 Å². The minimum Gasteiger partial charge on any atom is -0.445 e. The molecule has 1 N–H and O–H groups in total. The molecule has 2 aromatic rings. The lowest BCUT2D eigenvalue weighted by Crippen LogP contribution is -2.36. The number of aromatic nitrogens is 2. The van der Waals surface area contributed by atoms with Crippen LogP contribution in [0.5, 0.6) is 0 Å². The Bertz CT molecular complexity index is 715. The van der Waals surface area contributed by atoms with Crippen molar-refractivity contribution in [2.75, 3.05) is 6.54 Å². The van der Waals surface area contributed by atoms with Gasteiger partial charge in [-0.2, -0.15) is 18.3 Å². The fourth-order valence-corrected chi connectivity index (χ4v) is 2.93. The van der Waals surface area contributed by atoms with Gasteiger partial charge in [0.2, 0.25) is 0 Å². The SMILES string of the molecule is O=C(OCc1ccc(SC(F)(F)F)cc1)N1CCc2cn[nH]c2C1. The van der Waals surface area contributed by atoms with E-state index in [2.05, 4.69) is 10.2 Å². The molecule has 24 heavy (non-hydrogen) atoms. The molecule has 1 aliphatic rings. The van der Waals surface area contributed by atoms with E-state index in [9.17, 15) is 18.0 Å². The van der Waals surface area contributed by atoms with E-state index in [1.54, 1.807) is 11.1 Å². The number of nitrogens with zero attached hydrogens (tertiary/aromatic N) is 2. The van der Waals surface area contributed by atoms with Gasteiger partial charge in [-0.15, -0.1) is 0 Å². The van der Waals surface area contributed by atoms with Gasteiger partial charge in [0.1, 0.15) is 6.61 Å². The number of nitrogens with one attached hydrogen (secondary N) is 1. The largest absolute Gasteiger partial charge is 0.446 e. The highest BCUT2D eigenvalue weighted by atomic mass is 32.2. The van der Waals surface area contributed by atoms with Gasteiger partial charge in [-0.05, 0) is 41.4 Å². The van der Waals surface area contributed by atoms with Crippen molar-refractivity contribution < 1.29 is 22.7 Å². The molecule has 0 radical (unpaired) electrons. The number of thioether (sulfide) groups is 1. The van der Waals surface area contributed by atoms with Crippen LogP contribution in [-0.2, 0) is 24.3 Å². The molecule has 3 rings (SSSR count). The topological polar surface area (TPSA) is 58.2 Å². The molecular weight excluding hydrogens is 343 g/mol. The minimum absolute atomic E-state index is 0.0160. The van der Waals surface area contributed by atoms with Crippen LogP contribution in [0, 0.1) is 0 Å². The zero-order chi connectivity index (χ0) is 17.2. The van der Waals surface area contributed by atoms with Crippen LogP contribution in [0.1, 0.15) is 16.8 Å². The van der Waals surface area contributed by atoms with Crippen LogP contribution in [-0.4, -0.2) is 33.2 Å². The first-order chi connectivity index (χ1) is 11.4. The normalized spacial score (nSPS) is 14.4. The van der Waals surface area contributed by atoms with E-state index >= 15 is 0 Å². The van der Waals surface area contributed by atoms with Crippen molar-refractivity contribution in [3.63, 3.8) is 0 Å². The predicted octanol–water partition coefficient (Wildman–Crippen LogP) is 3.72. The van der Waals surface area contributed by atoms with Crippen LogP contribution >= 0.6 is 11.8 Å². The van der Waals surface area contributed by atoms with Gasteiger partial charge >= 0.3 is 11.6 Å². The third kappa shape index (κ3) is 4.22. The average Bonchev–Trinajstić information content (AvgIpc) is 3.00. The average molecular weight is 357 g/mol. The molecule has 0 saturated heterocycles. The standard InChI is InChI=1S/C15H14F3N3O2S/c16-15(17,18)24-12-3-1-10(2-4-12)9-23-14(22)21-6-5-11-7-19-20-13(11)8-21/h1-4,7H,5-6,8-9H2,(H,19,20). The zero-order valence-electron chi connectivity index (χ0n) is 12.5. The number of carbonyl (C=O) groups excluding carboxylic acids is 1. The van der Waals surface area contributed by atoms with Crippen molar-refractivity contribution in [2.24, 2.45) is 0 Å². The number of hydrogen-bond donors (Lipinski definition) is 1. The minimum atomic E-state index is -4.31. The Kier molecular flexibility index (Phi) is 4.70. The molecule has 0 spiro atoms. The Morgan fingerprint density at radius 3 is 2.79 bits per heavy atom. The predicted molar refractivity (Wildman–Crippen MR) is 81.2 cm³/mol. The van der Waals surface area contributed by atoms with Gasteiger partial charge in [0.25, 0.3) is 0 Å². The number of H-pyrrole nitrogens is 1. The summed E-state index contributed by atoms with van der Waals surface area (Å²) in [6, 6.07) is 5.76. The lowest BCUT2D eigenvalue weighted by Gasteiger charge is -2.25. The van der Waals surface area contributed by atoms with E-state index in [0.29, 0.717) is 25.1 Å². The van der Waals surface area contributed by atoms with Crippen LogP contribution in [0.25, 0.3) is 0 Å². The lowest BCUT2D eigenvalue weighted by molar-refractivity contribution is -0.0328. The summed E-state index contributed by atoms with van der Waals surface area (Å²) in [6.45, 7) is 0.976. The number of carbonyl (C=O) groups is 1. The molecule has 5 nitrogen and oxygen atoms in total. The second kappa shape index (κ2) is 6.76. The van der Waals surface area contributed by atoms with E-state index in [1.165, 1.54) is 24.3 Å². The van der Waals surface area contributed by atoms with E-state index in [4.69, 9.17) is 4.74 Å². The van der Waals surface area contributed by atoms with Crippen molar-refractivity contribution in [3.05, 3.63) is 47.3 Å². The number of halogens is 3. The van der Waals surface area contributed by atoms with Gasteiger partial charge in [-0.3, -0.25) is 5.10 Å². The maximum absolute atomic E-state index is 12.3. The molecule has 0 aliphatic carbocycles. The van der Waals surface area contributed by atoms with Crippen LogP contribution in [0.3, 0.4) is 0 Å². The molecule has 1 aromatic carbocycles. The van der Waals surface area contributed by atoms with Gasteiger partial charge in [0.05, 0.1) is 18.4 Å². The highest BCUT2D eigenvalue weighted by Gasteiger charge is 2.29. The van der Waals surface area contributed by atoms with Crippen LogP contribution in [0.4, 0.5) is 18.0 Å².